The molecule has 2 heterocycles. The fraction of sp³-hybridized carbons (Fsp3) is 0.125. The topological polar surface area (TPSA) is 82.8 Å². The third-order valence-corrected chi connectivity index (χ3v) is 4.04. The third-order valence-electron chi connectivity index (χ3n) is 3.22. The first kappa shape index (κ1) is 14.5. The van der Waals surface area contributed by atoms with E-state index in [0.717, 1.165) is 16.1 Å². The Balaban J connectivity index is 1.83. The molecule has 3 aromatic rings. The molecule has 0 radical (unpaired) electrons. The summed E-state index contributed by atoms with van der Waals surface area (Å²) in [6.45, 7) is -0.339. The van der Waals surface area contributed by atoms with Gasteiger partial charge in [-0.25, -0.2) is 4.98 Å². The maximum absolute atomic E-state index is 9.12. The van der Waals surface area contributed by atoms with E-state index in [1.165, 1.54) is 6.20 Å². The molecule has 0 spiro atoms. The first-order valence-corrected chi connectivity index (χ1v) is 7.63. The van der Waals surface area contributed by atoms with Crippen LogP contribution in [0.5, 0.6) is 0 Å². The highest BCUT2D eigenvalue weighted by atomic mass is 32.1. The van der Waals surface area contributed by atoms with Gasteiger partial charge < -0.3 is 10.5 Å². The first-order valence-electron chi connectivity index (χ1n) is 6.75. The van der Waals surface area contributed by atoms with Crippen molar-refractivity contribution in [1.82, 2.24) is 15.0 Å². The van der Waals surface area contributed by atoms with Crippen molar-refractivity contribution in [3.63, 3.8) is 0 Å². The Morgan fingerprint density at radius 2 is 1.82 bits per heavy atom. The van der Waals surface area contributed by atoms with Gasteiger partial charge in [0, 0.05) is 36.0 Å². The number of thiazole rings is 1. The van der Waals surface area contributed by atoms with E-state index in [1.54, 1.807) is 23.7 Å². The average Bonchev–Trinajstić information content (AvgIpc) is 3.10. The molecule has 1 aromatic carbocycles. The van der Waals surface area contributed by atoms with E-state index in [9.17, 15) is 0 Å². The Morgan fingerprint density at radius 3 is 2.50 bits per heavy atom. The Labute approximate surface area is 131 Å². The quantitative estimate of drug-likeness (QED) is 0.709. The zero-order valence-corrected chi connectivity index (χ0v) is 12.5. The molecular formula is C16H14N4OS. The van der Waals surface area contributed by atoms with Crippen LogP contribution in [0.2, 0.25) is 0 Å². The minimum atomic E-state index is -0.339. The zero-order chi connectivity index (χ0) is 15.4. The zero-order valence-electron chi connectivity index (χ0n) is 11.7. The van der Waals surface area contributed by atoms with Crippen molar-refractivity contribution >= 4 is 17.0 Å². The van der Waals surface area contributed by atoms with E-state index in [4.69, 9.17) is 10.5 Å². The van der Waals surface area contributed by atoms with Gasteiger partial charge in [0.15, 0.2) is 0 Å². The smallest absolute Gasteiger partial charge is 0.123 e. The molecule has 0 amide bonds. The van der Waals surface area contributed by atoms with E-state index in [2.05, 4.69) is 15.0 Å². The lowest BCUT2D eigenvalue weighted by molar-refractivity contribution is 0.356. The van der Waals surface area contributed by atoms with Crippen molar-refractivity contribution in [3.05, 3.63) is 65.2 Å². The first-order chi connectivity index (χ1) is 10.8. The maximum atomic E-state index is 9.12. The van der Waals surface area contributed by atoms with Crippen molar-refractivity contribution in [2.75, 3.05) is 6.61 Å². The minimum Gasteiger partial charge on any atom is -0.390 e. The van der Waals surface area contributed by atoms with Gasteiger partial charge in [0.25, 0.3) is 0 Å². The van der Waals surface area contributed by atoms with Crippen LogP contribution in [0.25, 0.3) is 10.6 Å². The van der Waals surface area contributed by atoms with Gasteiger partial charge in [-0.3, -0.25) is 9.97 Å². The van der Waals surface area contributed by atoms with Crippen LogP contribution in [0.4, 0.5) is 0 Å². The molecule has 0 saturated heterocycles. The van der Waals surface area contributed by atoms with Crippen LogP contribution < -0.4 is 0 Å². The molecule has 2 N–H and O–H groups in total. The minimum absolute atomic E-state index is 0.0857. The molecule has 0 fully saturated rings. The summed E-state index contributed by atoms with van der Waals surface area (Å²) in [5.41, 5.74) is 3.40. The van der Waals surface area contributed by atoms with Gasteiger partial charge in [-0.15, -0.1) is 11.3 Å². The average molecular weight is 310 g/mol. The van der Waals surface area contributed by atoms with E-state index in [0.29, 0.717) is 17.8 Å². The summed E-state index contributed by atoms with van der Waals surface area (Å²) in [6.07, 6.45) is 5.51. The van der Waals surface area contributed by atoms with Crippen LogP contribution >= 0.6 is 11.3 Å². The van der Waals surface area contributed by atoms with Crippen LogP contribution in [0.3, 0.4) is 0 Å². The molecule has 0 saturated carbocycles. The molecule has 0 unspecified atom stereocenters. The molecule has 110 valence electrons. The SMILES string of the molecule is N=C(CO)c1nccnc1Cc1ccc(-c2nccs2)cc1. The maximum Gasteiger partial charge on any atom is 0.123 e. The van der Waals surface area contributed by atoms with Gasteiger partial charge in [0.2, 0.25) is 0 Å². The Morgan fingerprint density at radius 1 is 1.05 bits per heavy atom. The van der Waals surface area contributed by atoms with Gasteiger partial charge >= 0.3 is 0 Å². The molecule has 0 atom stereocenters. The molecule has 3 rings (SSSR count). The Hall–Kier alpha value is -2.44. The second-order valence-corrected chi connectivity index (χ2v) is 5.59. The number of aromatic nitrogens is 3. The number of aliphatic hydroxyl groups excluding tert-OH is 1. The van der Waals surface area contributed by atoms with Crippen LogP contribution in [-0.2, 0) is 6.42 Å². The third kappa shape index (κ3) is 3.08. The fourth-order valence-corrected chi connectivity index (χ4v) is 2.79. The Bertz CT molecular complexity index is 769. The lowest BCUT2D eigenvalue weighted by atomic mass is 10.0. The normalized spacial score (nSPS) is 10.6. The molecule has 0 aliphatic carbocycles. The number of benzene rings is 1. The Kier molecular flexibility index (Phi) is 4.32. The second-order valence-electron chi connectivity index (χ2n) is 4.70. The molecule has 0 bridgehead atoms. The van der Waals surface area contributed by atoms with Crippen LogP contribution in [0.15, 0.2) is 48.2 Å². The molecule has 2 aromatic heterocycles. The lowest BCUT2D eigenvalue weighted by Gasteiger charge is -2.07. The van der Waals surface area contributed by atoms with Crippen LogP contribution in [0.1, 0.15) is 17.0 Å². The predicted molar refractivity (Wildman–Crippen MR) is 86.3 cm³/mol. The van der Waals surface area contributed by atoms with Crippen molar-refractivity contribution < 1.29 is 5.11 Å². The van der Waals surface area contributed by atoms with Crippen molar-refractivity contribution in [3.8, 4) is 10.6 Å². The van der Waals surface area contributed by atoms with Crippen LogP contribution in [-0.4, -0.2) is 32.4 Å². The lowest BCUT2D eigenvalue weighted by Crippen LogP contribution is -2.12. The summed E-state index contributed by atoms with van der Waals surface area (Å²) in [5.74, 6) is 0. The monoisotopic (exact) mass is 310 g/mol. The fourth-order valence-electron chi connectivity index (χ4n) is 2.15. The van der Waals surface area contributed by atoms with Crippen molar-refractivity contribution in [2.24, 2.45) is 0 Å². The number of hydrogen-bond donors (Lipinski definition) is 2. The van der Waals surface area contributed by atoms with E-state index in [1.807, 2.05) is 29.6 Å². The highest BCUT2D eigenvalue weighted by Gasteiger charge is 2.10. The molecular weight excluding hydrogens is 296 g/mol. The molecule has 0 aliphatic heterocycles. The van der Waals surface area contributed by atoms with Gasteiger partial charge in [0.05, 0.1) is 18.0 Å². The van der Waals surface area contributed by atoms with Gasteiger partial charge in [-0.1, -0.05) is 24.3 Å². The number of aliphatic hydroxyl groups is 1. The summed E-state index contributed by atoms with van der Waals surface area (Å²) in [6, 6.07) is 8.11. The summed E-state index contributed by atoms with van der Waals surface area (Å²) in [4.78, 5) is 12.7. The van der Waals surface area contributed by atoms with Gasteiger partial charge in [0.1, 0.15) is 10.7 Å². The highest BCUT2D eigenvalue weighted by Crippen LogP contribution is 2.22. The predicted octanol–water partition coefficient (Wildman–Crippen LogP) is 2.55. The molecule has 5 nitrogen and oxygen atoms in total. The number of rotatable bonds is 5. The van der Waals surface area contributed by atoms with Crippen LogP contribution in [0, 0.1) is 5.41 Å². The summed E-state index contributed by atoms with van der Waals surface area (Å²) < 4.78 is 0. The number of nitrogens with one attached hydrogen (secondary N) is 1. The number of nitrogens with zero attached hydrogens (tertiary/aromatic N) is 3. The largest absolute Gasteiger partial charge is 0.390 e. The van der Waals surface area contributed by atoms with Crippen molar-refractivity contribution in [2.45, 2.75) is 6.42 Å². The molecule has 6 heteroatoms. The van der Waals surface area contributed by atoms with Gasteiger partial charge in [-0.05, 0) is 5.56 Å². The standard InChI is InChI=1S/C16H14N4OS/c17-13(10-21)15-14(18-5-6-19-15)9-11-1-3-12(4-2-11)16-20-7-8-22-16/h1-8,17,21H,9-10H2. The highest BCUT2D eigenvalue weighted by molar-refractivity contribution is 7.13. The van der Waals surface area contributed by atoms with E-state index < -0.39 is 0 Å². The summed E-state index contributed by atoms with van der Waals surface area (Å²) in [7, 11) is 0. The van der Waals surface area contributed by atoms with Crippen molar-refractivity contribution in [1.29, 1.82) is 5.41 Å². The summed E-state index contributed by atoms with van der Waals surface area (Å²) >= 11 is 1.61. The summed E-state index contributed by atoms with van der Waals surface area (Å²) in [5, 5.41) is 19.8. The van der Waals surface area contributed by atoms with E-state index in [-0.39, 0.29) is 12.3 Å². The van der Waals surface area contributed by atoms with Gasteiger partial charge in [-0.2, -0.15) is 0 Å². The second kappa shape index (κ2) is 6.55. The molecule has 22 heavy (non-hydrogen) atoms. The number of hydrogen-bond acceptors (Lipinski definition) is 6. The van der Waals surface area contributed by atoms with E-state index >= 15 is 0 Å². The molecule has 0 aliphatic rings.